The first kappa shape index (κ1) is 58.7. The van der Waals surface area contributed by atoms with Gasteiger partial charge in [-0.05, 0) is 83.4 Å². The molecule has 2 aliphatic heterocycles. The highest BCUT2D eigenvalue weighted by atomic mass is 31.1. The summed E-state index contributed by atoms with van der Waals surface area (Å²) in [6, 6.07) is 42.2. The monoisotopic (exact) mass is 1160 g/mol. The van der Waals surface area contributed by atoms with Gasteiger partial charge in [0, 0.05) is 29.1 Å². The van der Waals surface area contributed by atoms with E-state index in [2.05, 4.69) is 9.97 Å². The van der Waals surface area contributed by atoms with E-state index in [-0.39, 0.29) is 17.7 Å². The first-order chi connectivity index (χ1) is 39.3. The molecule has 0 aliphatic carbocycles. The standard InChI is InChI=1S/C59H61N4O17PSi/c1-58(2,3)82(6,7)80-51-49(79-81(70)74-36-45-48(77-54(66)37-17-11-8-12-18-37)50(78-55(67)38-19-13-9-14-20-38)52(76-45)62-33-31-46(64)60-56(62)68)44(75-53(51)63-34-32-47(65)61-57(63)69)35-73-59(39-21-15-10-16-22-39,40-23-27-42(71-4)28-24-40)41-25-29-43(72-5)30-26-41/h8-34,44-45,48-53H,35-36H2,1-7H3,(H-,60,61,64,65,68,69)/p+1/t44-,45-,48-,49-,50-,51-,52-,53-/m1/s1. The van der Waals surface area contributed by atoms with Crippen LogP contribution in [-0.2, 0) is 47.3 Å². The summed E-state index contributed by atoms with van der Waals surface area (Å²) in [6.07, 6.45) is -8.93. The Morgan fingerprint density at radius 3 is 1.44 bits per heavy atom. The molecular formula is C59H62N4O17PSi+. The van der Waals surface area contributed by atoms with E-state index in [0.717, 1.165) is 27.5 Å². The zero-order valence-electron chi connectivity index (χ0n) is 45.9. The number of nitrogens with one attached hydrogen (secondary N) is 2. The number of H-pyrrole nitrogens is 2. The molecule has 82 heavy (non-hydrogen) atoms. The maximum Gasteiger partial charge on any atom is 0.697 e. The van der Waals surface area contributed by atoms with Gasteiger partial charge < -0.3 is 37.6 Å². The molecule has 4 heterocycles. The van der Waals surface area contributed by atoms with Crippen molar-refractivity contribution in [1.82, 2.24) is 19.1 Å². The number of benzene rings is 5. The van der Waals surface area contributed by atoms with Gasteiger partial charge in [0.1, 0.15) is 42.0 Å². The number of aromatic nitrogens is 4. The SMILES string of the molecule is COc1ccc(C(OC[C@H]2O[C@@H](n3ccc(=O)[nH]c3=O)[C@H](O[Si](C)(C)C(C)(C)C)[C@@H]2O[P+](=O)OC[C@H]2O[C@@H](n3ccc(=O)[nH]c3=O)[C@H](OC(=O)c3ccccc3)[C@@H]2OC(=O)c2ccccc2)(c2ccccc2)c2ccc(OC)cc2)cc1. The minimum Gasteiger partial charge on any atom is -0.497 e. The molecule has 21 nitrogen and oxygen atoms in total. The van der Waals surface area contributed by atoms with E-state index >= 15 is 0 Å². The second-order valence-electron chi connectivity index (χ2n) is 20.9. The molecule has 23 heteroatoms. The summed E-state index contributed by atoms with van der Waals surface area (Å²) < 4.78 is 80.5. The van der Waals surface area contributed by atoms with Crippen LogP contribution in [0.5, 0.6) is 11.5 Å². The lowest BCUT2D eigenvalue weighted by molar-refractivity contribution is -0.0944. The van der Waals surface area contributed by atoms with Crippen LogP contribution in [0, 0.1) is 0 Å². The van der Waals surface area contributed by atoms with E-state index in [9.17, 15) is 33.3 Å². The number of nitrogens with zero attached hydrogens (tertiary/aromatic N) is 2. The van der Waals surface area contributed by atoms with Gasteiger partial charge in [0.05, 0.1) is 32.0 Å². The van der Waals surface area contributed by atoms with Gasteiger partial charge >= 0.3 is 31.6 Å². The fraction of sp³-hybridized carbons (Fsp3) is 0.322. The molecule has 2 N–H and O–H groups in total. The second kappa shape index (κ2) is 25.1. The van der Waals surface area contributed by atoms with Crippen molar-refractivity contribution in [1.29, 1.82) is 0 Å². The summed E-state index contributed by atoms with van der Waals surface area (Å²) >= 11 is 0. The van der Waals surface area contributed by atoms with E-state index in [1.807, 2.05) is 88.5 Å². The lowest BCUT2D eigenvalue weighted by Crippen LogP contribution is -2.50. The van der Waals surface area contributed by atoms with E-state index in [0.29, 0.717) is 28.2 Å². The minimum atomic E-state index is -3.31. The van der Waals surface area contributed by atoms with Crippen LogP contribution in [0.15, 0.2) is 183 Å². The fourth-order valence-electron chi connectivity index (χ4n) is 9.50. The molecular weight excluding hydrogens is 1100 g/mol. The number of aromatic amines is 2. The molecule has 0 spiro atoms. The molecule has 9 atom stereocenters. The van der Waals surface area contributed by atoms with Gasteiger partial charge in [0.25, 0.3) is 11.1 Å². The molecule has 9 rings (SSSR count). The smallest absolute Gasteiger partial charge is 0.497 e. The number of hydrogen-bond donors (Lipinski definition) is 2. The molecule has 0 radical (unpaired) electrons. The maximum atomic E-state index is 14.9. The molecule has 1 unspecified atom stereocenters. The van der Waals surface area contributed by atoms with Crippen molar-refractivity contribution >= 4 is 28.5 Å². The second-order valence-corrected chi connectivity index (χ2v) is 26.6. The summed E-state index contributed by atoms with van der Waals surface area (Å²) in [5, 5.41) is -0.451. The Morgan fingerprint density at radius 1 is 0.561 bits per heavy atom. The number of ether oxygens (including phenoxy) is 7. The van der Waals surface area contributed by atoms with Gasteiger partial charge in [-0.25, -0.2) is 19.2 Å². The van der Waals surface area contributed by atoms with Gasteiger partial charge in [0.15, 0.2) is 39.1 Å². The number of rotatable bonds is 21. The molecule has 2 saturated heterocycles. The molecule has 0 bridgehead atoms. The summed E-state index contributed by atoms with van der Waals surface area (Å²) in [5.41, 5.74) is -2.31. The third-order valence-corrected chi connectivity index (χ3v) is 20.0. The van der Waals surface area contributed by atoms with Crippen LogP contribution in [0.1, 0.15) is 70.6 Å². The molecule has 2 fully saturated rings. The molecule has 7 aromatic rings. The average Bonchev–Trinajstić information content (AvgIpc) is 4.13. The van der Waals surface area contributed by atoms with Crippen molar-refractivity contribution in [3.05, 3.63) is 234 Å². The predicted molar refractivity (Wildman–Crippen MR) is 301 cm³/mol. The van der Waals surface area contributed by atoms with E-state index in [1.54, 1.807) is 74.9 Å². The third kappa shape index (κ3) is 12.7. The van der Waals surface area contributed by atoms with E-state index in [4.69, 9.17) is 46.6 Å². The van der Waals surface area contributed by atoms with Gasteiger partial charge in [-0.3, -0.25) is 28.7 Å². The van der Waals surface area contributed by atoms with Crippen molar-refractivity contribution in [2.45, 2.75) is 93.6 Å². The Labute approximate surface area is 472 Å². The van der Waals surface area contributed by atoms with Crippen LogP contribution in [0.4, 0.5) is 0 Å². The number of carbonyl (C=O) groups excluding carboxylic acids is 2. The Hall–Kier alpha value is -7.92. The Kier molecular flexibility index (Phi) is 17.9. The molecule has 2 aliphatic rings. The van der Waals surface area contributed by atoms with Crippen molar-refractivity contribution in [2.75, 3.05) is 27.4 Å². The summed E-state index contributed by atoms with van der Waals surface area (Å²) in [6.45, 7) is 8.96. The van der Waals surface area contributed by atoms with Gasteiger partial charge in [-0.15, -0.1) is 9.05 Å². The summed E-state index contributed by atoms with van der Waals surface area (Å²) in [4.78, 5) is 84.3. The van der Waals surface area contributed by atoms with Crippen LogP contribution in [0.3, 0.4) is 0 Å². The van der Waals surface area contributed by atoms with Crippen LogP contribution in [0.2, 0.25) is 18.1 Å². The lowest BCUT2D eigenvalue weighted by Gasteiger charge is -2.40. The quantitative estimate of drug-likeness (QED) is 0.0301. The molecule has 0 saturated carbocycles. The largest absolute Gasteiger partial charge is 0.697 e. The zero-order valence-corrected chi connectivity index (χ0v) is 47.8. The maximum absolute atomic E-state index is 14.9. The topological polar surface area (TPSA) is 253 Å². The third-order valence-electron chi connectivity index (χ3n) is 14.8. The highest BCUT2D eigenvalue weighted by Crippen LogP contribution is 2.48. The Balaban J connectivity index is 1.11. The predicted octanol–water partition coefficient (Wildman–Crippen LogP) is 7.81. The molecule has 2 aromatic heterocycles. The minimum absolute atomic E-state index is 0.114. The van der Waals surface area contributed by atoms with Gasteiger partial charge in [-0.2, -0.15) is 0 Å². The normalized spacial score (nSPS) is 21.1. The lowest BCUT2D eigenvalue weighted by atomic mass is 9.80. The van der Waals surface area contributed by atoms with Crippen molar-refractivity contribution in [3.63, 3.8) is 0 Å². The van der Waals surface area contributed by atoms with Crippen LogP contribution in [0.25, 0.3) is 0 Å². The first-order valence-corrected chi connectivity index (χ1v) is 30.2. The van der Waals surface area contributed by atoms with Crippen LogP contribution >= 0.6 is 8.25 Å². The molecule has 428 valence electrons. The van der Waals surface area contributed by atoms with E-state index in [1.165, 1.54) is 30.5 Å². The Morgan fingerprint density at radius 2 is 0.988 bits per heavy atom. The van der Waals surface area contributed by atoms with Crippen LogP contribution in [-0.4, -0.2) is 103 Å². The molecule has 0 amide bonds. The fourth-order valence-corrected chi connectivity index (χ4v) is 11.6. The average molecular weight is 1160 g/mol. The van der Waals surface area contributed by atoms with Crippen molar-refractivity contribution in [3.8, 4) is 11.5 Å². The molecule has 5 aromatic carbocycles. The van der Waals surface area contributed by atoms with E-state index < -0.39 is 117 Å². The number of hydrogen-bond acceptors (Lipinski definition) is 17. The van der Waals surface area contributed by atoms with Crippen molar-refractivity contribution in [2.24, 2.45) is 0 Å². The number of esters is 2. The van der Waals surface area contributed by atoms with Crippen LogP contribution < -0.4 is 32.0 Å². The highest BCUT2D eigenvalue weighted by molar-refractivity contribution is 7.33. The highest BCUT2D eigenvalue weighted by Gasteiger charge is 2.57. The zero-order chi connectivity index (χ0) is 58.3. The van der Waals surface area contributed by atoms with Gasteiger partial charge in [-0.1, -0.05) is 112 Å². The van der Waals surface area contributed by atoms with Gasteiger partial charge in [0.2, 0.25) is 0 Å². The summed E-state index contributed by atoms with van der Waals surface area (Å²) in [5.74, 6) is -0.567. The van der Waals surface area contributed by atoms with Crippen molar-refractivity contribution < 1.29 is 60.8 Å². The Bertz CT molecular complexity index is 3550. The summed E-state index contributed by atoms with van der Waals surface area (Å²) in [7, 11) is -3.11. The number of carbonyl (C=O) groups is 2. The number of methoxy groups -OCH3 is 2. The first-order valence-electron chi connectivity index (χ1n) is 26.2.